The molecule has 1 N–H and O–H groups in total. The average Bonchev–Trinajstić information content (AvgIpc) is 2.52. The lowest BCUT2D eigenvalue weighted by atomic mass is 9.89. The molecule has 0 spiro atoms. The van der Waals surface area contributed by atoms with E-state index in [1.165, 1.54) is 7.11 Å². The molecule has 0 saturated heterocycles. The lowest BCUT2D eigenvalue weighted by molar-refractivity contribution is -0.141. The average molecular weight is 307 g/mol. The number of carbonyl (C=O) groups excluding carboxylic acids is 1. The van der Waals surface area contributed by atoms with Gasteiger partial charge in [-0.15, -0.1) is 0 Å². The first-order chi connectivity index (χ1) is 10.5. The fourth-order valence-corrected chi connectivity index (χ4v) is 2.92. The number of fused-ring (bicyclic) bond motifs is 1. The highest BCUT2D eigenvalue weighted by atomic mass is 16.5. The fraction of sp³-hybridized carbons (Fsp3) is 0.500. The van der Waals surface area contributed by atoms with Crippen LogP contribution in [0, 0.1) is 0 Å². The van der Waals surface area contributed by atoms with Gasteiger partial charge in [-0.3, -0.25) is 9.59 Å². The van der Waals surface area contributed by atoms with Gasteiger partial charge < -0.3 is 19.5 Å². The lowest BCUT2D eigenvalue weighted by Gasteiger charge is -2.37. The van der Waals surface area contributed by atoms with Crippen molar-refractivity contribution in [1.82, 2.24) is 4.90 Å². The predicted molar refractivity (Wildman–Crippen MR) is 80.2 cm³/mol. The minimum absolute atomic E-state index is 0.0355. The van der Waals surface area contributed by atoms with Gasteiger partial charge in [-0.25, -0.2) is 0 Å². The molecule has 0 bridgehead atoms. The fourth-order valence-electron chi connectivity index (χ4n) is 2.92. The number of hydrogen-bond donors (Lipinski definition) is 1. The normalized spacial score (nSPS) is 16.9. The van der Waals surface area contributed by atoms with Gasteiger partial charge in [0.05, 0.1) is 26.7 Å². The van der Waals surface area contributed by atoms with Crippen LogP contribution in [0.3, 0.4) is 0 Å². The second-order valence-corrected chi connectivity index (χ2v) is 5.21. The van der Waals surface area contributed by atoms with Gasteiger partial charge in [-0.05, 0) is 29.7 Å². The summed E-state index contributed by atoms with van der Waals surface area (Å²) >= 11 is 0. The molecular weight excluding hydrogens is 286 g/mol. The summed E-state index contributed by atoms with van der Waals surface area (Å²) in [5.74, 6) is 0.196. The molecule has 6 nitrogen and oxygen atoms in total. The zero-order valence-electron chi connectivity index (χ0n) is 13.1. The Hall–Kier alpha value is -2.24. The molecule has 1 atom stereocenters. The summed E-state index contributed by atoms with van der Waals surface area (Å²) < 4.78 is 10.6. The summed E-state index contributed by atoms with van der Waals surface area (Å²) in [6.07, 6.45) is 0.921. The van der Waals surface area contributed by atoms with Crippen LogP contribution < -0.4 is 9.47 Å². The third kappa shape index (κ3) is 3.00. The number of nitrogens with zero attached hydrogens (tertiary/aromatic N) is 1. The first-order valence-corrected chi connectivity index (χ1v) is 7.27. The van der Waals surface area contributed by atoms with Crippen LogP contribution in [0.25, 0.3) is 0 Å². The molecule has 6 heteroatoms. The molecule has 1 aliphatic rings. The van der Waals surface area contributed by atoms with Crippen molar-refractivity contribution in [2.75, 3.05) is 20.8 Å². The van der Waals surface area contributed by atoms with Gasteiger partial charge in [0.2, 0.25) is 5.91 Å². The quantitative estimate of drug-likeness (QED) is 0.900. The summed E-state index contributed by atoms with van der Waals surface area (Å²) in [5, 5.41) is 9.20. The number of hydrogen-bond acceptors (Lipinski definition) is 4. The van der Waals surface area contributed by atoms with Crippen LogP contribution in [0.15, 0.2) is 12.1 Å². The Bertz CT molecular complexity index is 584. The van der Waals surface area contributed by atoms with Gasteiger partial charge in [0.1, 0.15) is 0 Å². The van der Waals surface area contributed by atoms with Gasteiger partial charge in [-0.2, -0.15) is 0 Å². The smallest absolute Gasteiger partial charge is 0.305 e. The van der Waals surface area contributed by atoms with Gasteiger partial charge in [0.25, 0.3) is 0 Å². The standard InChI is InChI=1S/C16H21NO5/c1-4-15(18)17-6-5-10-7-13(21-2)14(22-3)8-11(10)12(17)9-16(19)20/h7-8,12H,4-6,9H2,1-3H3,(H,19,20). The van der Waals surface area contributed by atoms with E-state index in [0.717, 1.165) is 11.1 Å². The summed E-state index contributed by atoms with van der Waals surface area (Å²) in [5.41, 5.74) is 1.83. The Morgan fingerprint density at radius 3 is 2.45 bits per heavy atom. The largest absolute Gasteiger partial charge is 0.493 e. The summed E-state index contributed by atoms with van der Waals surface area (Å²) in [7, 11) is 3.10. The summed E-state index contributed by atoms with van der Waals surface area (Å²) in [6.45, 7) is 2.30. The van der Waals surface area contributed by atoms with Crippen molar-refractivity contribution >= 4 is 11.9 Å². The van der Waals surface area contributed by atoms with Crippen LogP contribution in [0.4, 0.5) is 0 Å². The molecule has 0 saturated carbocycles. The number of methoxy groups -OCH3 is 2. The van der Waals surface area contributed by atoms with E-state index >= 15 is 0 Å². The predicted octanol–water partition coefficient (Wildman–Crippen LogP) is 2.01. The number of ether oxygens (including phenoxy) is 2. The summed E-state index contributed by atoms with van der Waals surface area (Å²) in [4.78, 5) is 25.0. The van der Waals surface area contributed by atoms with E-state index in [-0.39, 0.29) is 12.3 Å². The van der Waals surface area contributed by atoms with E-state index in [9.17, 15) is 14.7 Å². The van der Waals surface area contributed by atoms with E-state index in [1.54, 1.807) is 25.0 Å². The minimum Gasteiger partial charge on any atom is -0.493 e. The Kier molecular flexibility index (Phi) is 4.90. The van der Waals surface area contributed by atoms with Crippen molar-refractivity contribution in [2.45, 2.75) is 32.2 Å². The van der Waals surface area contributed by atoms with E-state index in [4.69, 9.17) is 9.47 Å². The topological polar surface area (TPSA) is 76.1 Å². The molecule has 1 unspecified atom stereocenters. The monoisotopic (exact) mass is 307 g/mol. The van der Waals surface area contributed by atoms with E-state index in [2.05, 4.69) is 0 Å². The number of aliphatic carboxylic acids is 1. The SMILES string of the molecule is CCC(=O)N1CCc2cc(OC)c(OC)cc2C1CC(=O)O. The first-order valence-electron chi connectivity index (χ1n) is 7.27. The molecule has 1 aliphatic heterocycles. The molecule has 0 aliphatic carbocycles. The van der Waals surface area contributed by atoms with Gasteiger partial charge in [-0.1, -0.05) is 6.92 Å². The molecule has 1 aromatic carbocycles. The van der Waals surface area contributed by atoms with E-state index in [1.807, 2.05) is 6.07 Å². The second kappa shape index (κ2) is 6.68. The molecule has 22 heavy (non-hydrogen) atoms. The Morgan fingerprint density at radius 2 is 1.91 bits per heavy atom. The maximum absolute atomic E-state index is 12.1. The maximum atomic E-state index is 12.1. The van der Waals surface area contributed by atoms with Crippen molar-refractivity contribution in [3.05, 3.63) is 23.3 Å². The number of benzene rings is 1. The molecule has 2 rings (SSSR count). The zero-order valence-corrected chi connectivity index (χ0v) is 13.1. The van der Waals surface area contributed by atoms with E-state index < -0.39 is 12.0 Å². The second-order valence-electron chi connectivity index (χ2n) is 5.21. The highest BCUT2D eigenvalue weighted by Gasteiger charge is 2.32. The lowest BCUT2D eigenvalue weighted by Crippen LogP contribution is -2.40. The van der Waals surface area contributed by atoms with Crippen molar-refractivity contribution in [2.24, 2.45) is 0 Å². The Labute approximate surface area is 129 Å². The third-order valence-electron chi connectivity index (χ3n) is 3.99. The zero-order chi connectivity index (χ0) is 16.3. The van der Waals surface area contributed by atoms with Gasteiger partial charge in [0.15, 0.2) is 11.5 Å². The molecule has 120 valence electrons. The van der Waals surface area contributed by atoms with Crippen LogP contribution in [-0.2, 0) is 16.0 Å². The molecule has 1 aromatic rings. The van der Waals surface area contributed by atoms with Crippen LogP contribution in [0.5, 0.6) is 11.5 Å². The van der Waals surface area contributed by atoms with Crippen molar-refractivity contribution in [3.8, 4) is 11.5 Å². The van der Waals surface area contributed by atoms with Gasteiger partial charge >= 0.3 is 5.97 Å². The number of carboxylic acid groups (broad SMARTS) is 1. The Balaban J connectivity index is 2.49. The molecule has 0 aromatic heterocycles. The first kappa shape index (κ1) is 16.1. The van der Waals surface area contributed by atoms with Crippen molar-refractivity contribution in [3.63, 3.8) is 0 Å². The van der Waals surface area contributed by atoms with Gasteiger partial charge in [0, 0.05) is 13.0 Å². The van der Waals surface area contributed by atoms with E-state index in [0.29, 0.717) is 30.9 Å². The summed E-state index contributed by atoms with van der Waals surface area (Å²) in [6, 6.07) is 3.20. The molecular formula is C16H21NO5. The molecule has 0 radical (unpaired) electrons. The highest BCUT2D eigenvalue weighted by molar-refractivity contribution is 5.78. The van der Waals surface area contributed by atoms with Crippen molar-refractivity contribution in [1.29, 1.82) is 0 Å². The number of rotatable bonds is 5. The van der Waals surface area contributed by atoms with Crippen LogP contribution in [0.1, 0.15) is 36.9 Å². The van der Waals surface area contributed by atoms with Crippen LogP contribution in [0.2, 0.25) is 0 Å². The maximum Gasteiger partial charge on any atom is 0.305 e. The number of amides is 1. The Morgan fingerprint density at radius 1 is 1.27 bits per heavy atom. The molecule has 1 amide bonds. The highest BCUT2D eigenvalue weighted by Crippen LogP contribution is 2.39. The molecule has 1 heterocycles. The van der Waals surface area contributed by atoms with Crippen LogP contribution in [-0.4, -0.2) is 42.6 Å². The molecule has 0 fully saturated rings. The van der Waals surface area contributed by atoms with Crippen molar-refractivity contribution < 1.29 is 24.2 Å². The number of carboxylic acids is 1. The third-order valence-corrected chi connectivity index (χ3v) is 3.99. The van der Waals surface area contributed by atoms with Crippen LogP contribution >= 0.6 is 0 Å². The minimum atomic E-state index is -0.929. The number of carbonyl (C=O) groups is 2.